The summed E-state index contributed by atoms with van der Waals surface area (Å²) in [5, 5.41) is 0. The predicted molar refractivity (Wildman–Crippen MR) is 123 cm³/mol. The number of furan rings is 1. The van der Waals surface area contributed by atoms with Crippen LogP contribution in [0.2, 0.25) is 0 Å². The van der Waals surface area contributed by atoms with Crippen molar-refractivity contribution in [3.8, 4) is 0 Å². The second-order valence-corrected chi connectivity index (χ2v) is 9.73. The Morgan fingerprint density at radius 3 is 2.27 bits per heavy atom. The van der Waals surface area contributed by atoms with Gasteiger partial charge in [-0.3, -0.25) is 9.69 Å². The molecule has 1 saturated heterocycles. The van der Waals surface area contributed by atoms with Crippen molar-refractivity contribution in [2.75, 3.05) is 37.6 Å². The smallest absolute Gasteiger partial charge is 0.240 e. The highest BCUT2D eigenvalue weighted by Gasteiger charge is 2.28. The zero-order chi connectivity index (χ0) is 23.4. The fourth-order valence-electron chi connectivity index (χ4n) is 3.97. The number of hydrogen-bond donors (Lipinski definition) is 1. The van der Waals surface area contributed by atoms with Gasteiger partial charge in [-0.2, -0.15) is 0 Å². The lowest BCUT2D eigenvalue weighted by Gasteiger charge is -2.39. The van der Waals surface area contributed by atoms with Crippen LogP contribution in [0.15, 0.2) is 76.2 Å². The molecule has 0 spiro atoms. The molecule has 2 aromatic carbocycles. The van der Waals surface area contributed by atoms with E-state index in [-0.39, 0.29) is 29.1 Å². The molecule has 1 fully saturated rings. The number of nitrogens with zero attached hydrogens (tertiary/aromatic N) is 2. The number of benzene rings is 2. The Morgan fingerprint density at radius 2 is 1.70 bits per heavy atom. The van der Waals surface area contributed by atoms with Crippen molar-refractivity contribution in [1.82, 2.24) is 9.62 Å². The molecular weight excluding hydrogens is 445 g/mol. The number of nitrogens with one attached hydrogen (secondary N) is 1. The SMILES string of the molecule is CC(=O)c1ccc(S(=O)(=O)NCC(c2ccco2)N2CCN(c3ccc(F)cc3)CC2)cc1. The van der Waals surface area contributed by atoms with Crippen LogP contribution >= 0.6 is 0 Å². The van der Waals surface area contributed by atoms with Crippen LogP contribution in [0.1, 0.15) is 29.1 Å². The normalized spacial score (nSPS) is 16.0. The first-order valence-corrected chi connectivity index (χ1v) is 12.2. The van der Waals surface area contributed by atoms with Crippen molar-refractivity contribution in [1.29, 1.82) is 0 Å². The van der Waals surface area contributed by atoms with E-state index in [1.54, 1.807) is 24.5 Å². The molecule has 1 aliphatic rings. The number of Topliss-reactive ketones (excluding diaryl/α,β-unsaturated/α-hetero) is 1. The molecule has 1 atom stereocenters. The first kappa shape index (κ1) is 23.2. The summed E-state index contributed by atoms with van der Waals surface area (Å²) in [6.07, 6.45) is 1.58. The van der Waals surface area contributed by atoms with Gasteiger partial charge in [-0.25, -0.2) is 17.5 Å². The van der Waals surface area contributed by atoms with E-state index in [1.807, 2.05) is 6.07 Å². The molecule has 1 unspecified atom stereocenters. The van der Waals surface area contributed by atoms with Crippen LogP contribution < -0.4 is 9.62 Å². The van der Waals surface area contributed by atoms with E-state index in [2.05, 4.69) is 14.5 Å². The summed E-state index contributed by atoms with van der Waals surface area (Å²) in [4.78, 5) is 15.9. The highest BCUT2D eigenvalue weighted by molar-refractivity contribution is 7.89. The summed E-state index contributed by atoms with van der Waals surface area (Å²) < 4.78 is 47.2. The van der Waals surface area contributed by atoms with Gasteiger partial charge in [0.25, 0.3) is 0 Å². The zero-order valence-electron chi connectivity index (χ0n) is 18.3. The van der Waals surface area contributed by atoms with Gasteiger partial charge in [-0.15, -0.1) is 0 Å². The fraction of sp³-hybridized carbons (Fsp3) is 0.292. The maximum absolute atomic E-state index is 13.2. The molecule has 3 aromatic rings. The third kappa shape index (κ3) is 5.50. The average Bonchev–Trinajstić information content (AvgIpc) is 3.35. The number of anilines is 1. The Kier molecular flexibility index (Phi) is 6.92. The van der Waals surface area contributed by atoms with Crippen LogP contribution in [-0.2, 0) is 10.0 Å². The van der Waals surface area contributed by atoms with Gasteiger partial charge in [-0.1, -0.05) is 12.1 Å². The average molecular weight is 472 g/mol. The van der Waals surface area contributed by atoms with Crippen molar-refractivity contribution in [3.63, 3.8) is 0 Å². The van der Waals surface area contributed by atoms with Crippen LogP contribution in [0, 0.1) is 5.82 Å². The van der Waals surface area contributed by atoms with Crippen LogP contribution in [-0.4, -0.2) is 51.8 Å². The predicted octanol–water partition coefficient (Wildman–Crippen LogP) is 3.46. The molecule has 4 rings (SSSR count). The monoisotopic (exact) mass is 471 g/mol. The Labute approximate surface area is 192 Å². The van der Waals surface area contributed by atoms with E-state index in [4.69, 9.17) is 4.42 Å². The molecule has 9 heteroatoms. The van der Waals surface area contributed by atoms with Crippen molar-refractivity contribution < 1.29 is 22.0 Å². The minimum atomic E-state index is -3.76. The molecule has 0 amide bonds. The van der Waals surface area contributed by atoms with E-state index >= 15 is 0 Å². The van der Waals surface area contributed by atoms with Gasteiger partial charge in [0.05, 0.1) is 17.2 Å². The number of sulfonamides is 1. The molecular formula is C24H26FN3O4S. The summed E-state index contributed by atoms with van der Waals surface area (Å²) in [7, 11) is -3.76. The summed E-state index contributed by atoms with van der Waals surface area (Å²) in [5.41, 5.74) is 1.42. The summed E-state index contributed by atoms with van der Waals surface area (Å²) >= 11 is 0. The lowest BCUT2D eigenvalue weighted by Crippen LogP contribution is -2.49. The number of piperazine rings is 1. The fourth-order valence-corrected chi connectivity index (χ4v) is 5.01. The highest BCUT2D eigenvalue weighted by atomic mass is 32.2. The number of carbonyl (C=O) groups is 1. The highest BCUT2D eigenvalue weighted by Crippen LogP contribution is 2.25. The van der Waals surface area contributed by atoms with Gasteiger partial charge in [0.1, 0.15) is 11.6 Å². The molecule has 33 heavy (non-hydrogen) atoms. The van der Waals surface area contributed by atoms with Gasteiger partial charge in [0.15, 0.2) is 5.78 Å². The Bertz CT molecular complexity index is 1170. The lowest BCUT2D eigenvalue weighted by molar-refractivity contribution is 0.101. The molecule has 1 N–H and O–H groups in total. The molecule has 0 saturated carbocycles. The van der Waals surface area contributed by atoms with E-state index in [1.165, 1.54) is 43.3 Å². The summed E-state index contributed by atoms with van der Waals surface area (Å²) in [6, 6.07) is 15.7. The number of rotatable bonds is 8. The molecule has 0 bridgehead atoms. The van der Waals surface area contributed by atoms with E-state index in [0.717, 1.165) is 18.8 Å². The first-order valence-electron chi connectivity index (χ1n) is 10.7. The quantitative estimate of drug-likeness (QED) is 0.507. The molecule has 1 aliphatic heterocycles. The largest absolute Gasteiger partial charge is 0.468 e. The van der Waals surface area contributed by atoms with Gasteiger partial charge in [0, 0.05) is 44.0 Å². The maximum Gasteiger partial charge on any atom is 0.240 e. The second-order valence-electron chi connectivity index (χ2n) is 7.96. The van der Waals surface area contributed by atoms with Gasteiger partial charge in [-0.05, 0) is 55.5 Å². The van der Waals surface area contributed by atoms with Gasteiger partial charge < -0.3 is 9.32 Å². The number of ketones is 1. The van der Waals surface area contributed by atoms with E-state index < -0.39 is 10.0 Å². The van der Waals surface area contributed by atoms with Crippen LogP contribution in [0.5, 0.6) is 0 Å². The summed E-state index contributed by atoms with van der Waals surface area (Å²) in [6.45, 7) is 4.41. The molecule has 0 radical (unpaired) electrons. The molecule has 0 aliphatic carbocycles. The van der Waals surface area contributed by atoms with Gasteiger partial charge >= 0.3 is 0 Å². The van der Waals surface area contributed by atoms with E-state index in [9.17, 15) is 17.6 Å². The van der Waals surface area contributed by atoms with Crippen molar-refractivity contribution in [2.45, 2.75) is 17.9 Å². The van der Waals surface area contributed by atoms with Crippen molar-refractivity contribution >= 4 is 21.5 Å². The van der Waals surface area contributed by atoms with Crippen molar-refractivity contribution in [2.24, 2.45) is 0 Å². The Balaban J connectivity index is 1.44. The number of halogens is 1. The number of hydrogen-bond acceptors (Lipinski definition) is 6. The Hall–Kier alpha value is -3.01. The maximum atomic E-state index is 13.2. The zero-order valence-corrected chi connectivity index (χ0v) is 19.1. The molecule has 174 valence electrons. The topological polar surface area (TPSA) is 82.9 Å². The minimum Gasteiger partial charge on any atom is -0.468 e. The van der Waals surface area contributed by atoms with Crippen LogP contribution in [0.4, 0.5) is 10.1 Å². The first-order chi connectivity index (χ1) is 15.8. The molecule has 1 aromatic heterocycles. The van der Waals surface area contributed by atoms with Crippen LogP contribution in [0.3, 0.4) is 0 Å². The van der Waals surface area contributed by atoms with Crippen molar-refractivity contribution in [3.05, 3.63) is 84.1 Å². The third-order valence-corrected chi connectivity index (χ3v) is 7.30. The lowest BCUT2D eigenvalue weighted by atomic mass is 10.1. The van der Waals surface area contributed by atoms with E-state index in [0.29, 0.717) is 24.4 Å². The summed E-state index contributed by atoms with van der Waals surface area (Å²) in [5.74, 6) is 0.294. The third-order valence-electron chi connectivity index (χ3n) is 5.86. The Morgan fingerprint density at radius 1 is 1.03 bits per heavy atom. The van der Waals surface area contributed by atoms with Crippen LogP contribution in [0.25, 0.3) is 0 Å². The molecule has 2 heterocycles. The minimum absolute atomic E-state index is 0.104. The van der Waals surface area contributed by atoms with Gasteiger partial charge in [0.2, 0.25) is 10.0 Å². The molecule has 7 nitrogen and oxygen atoms in total. The number of carbonyl (C=O) groups excluding carboxylic acids is 1. The standard InChI is InChI=1S/C24H26FN3O4S/c1-18(29)19-4-10-22(11-5-19)33(30,31)26-17-23(24-3-2-16-32-24)28-14-12-27(13-15-28)21-8-6-20(25)7-9-21/h2-11,16,23,26H,12-15,17H2,1H3. The second kappa shape index (κ2) is 9.86.